The molecule has 0 saturated carbocycles. The molecule has 6 heteroatoms. The van der Waals surface area contributed by atoms with Crippen LogP contribution in [-0.2, 0) is 9.84 Å². The standard InChI is InChI=1S/C9H12ClNO2S2/c10-9-3-2-8(14-9)7-6-15(12,13)5-1-4-11-7/h2-3,7,11H,1,4-6H2. The summed E-state index contributed by atoms with van der Waals surface area (Å²) in [5, 5.41) is 3.24. The molecular weight excluding hydrogens is 254 g/mol. The largest absolute Gasteiger partial charge is 0.308 e. The van der Waals surface area contributed by atoms with Crippen molar-refractivity contribution in [1.82, 2.24) is 5.32 Å². The number of sulfone groups is 1. The number of thiophene rings is 1. The Labute approximate surface area is 98.4 Å². The highest BCUT2D eigenvalue weighted by Gasteiger charge is 2.24. The van der Waals surface area contributed by atoms with Crippen molar-refractivity contribution in [3.63, 3.8) is 0 Å². The molecule has 15 heavy (non-hydrogen) atoms. The van der Waals surface area contributed by atoms with Crippen LogP contribution in [-0.4, -0.2) is 26.5 Å². The second-order valence-electron chi connectivity index (χ2n) is 3.62. The number of nitrogens with one attached hydrogen (secondary N) is 1. The first-order chi connectivity index (χ1) is 7.07. The van der Waals surface area contributed by atoms with Crippen LogP contribution in [0.5, 0.6) is 0 Å². The summed E-state index contributed by atoms with van der Waals surface area (Å²) < 4.78 is 23.9. The van der Waals surface area contributed by atoms with Gasteiger partial charge in [0.2, 0.25) is 0 Å². The highest BCUT2D eigenvalue weighted by Crippen LogP contribution is 2.28. The molecule has 0 bridgehead atoms. The lowest BCUT2D eigenvalue weighted by atomic mass is 10.2. The summed E-state index contributed by atoms with van der Waals surface area (Å²) in [6.45, 7) is 0.749. The second-order valence-corrected chi connectivity index (χ2v) is 7.59. The lowest BCUT2D eigenvalue weighted by Gasteiger charge is -2.12. The fourth-order valence-electron chi connectivity index (χ4n) is 1.66. The maximum absolute atomic E-state index is 11.6. The summed E-state index contributed by atoms with van der Waals surface area (Å²) in [7, 11) is -2.91. The third kappa shape index (κ3) is 2.93. The van der Waals surface area contributed by atoms with Crippen molar-refractivity contribution in [1.29, 1.82) is 0 Å². The van der Waals surface area contributed by atoms with Gasteiger partial charge in [-0.25, -0.2) is 8.42 Å². The molecule has 0 amide bonds. The summed E-state index contributed by atoms with van der Waals surface area (Å²) in [6.07, 6.45) is 0.692. The smallest absolute Gasteiger partial charge is 0.152 e. The van der Waals surface area contributed by atoms with E-state index in [4.69, 9.17) is 11.6 Å². The Hall–Kier alpha value is -0.100. The fraction of sp³-hybridized carbons (Fsp3) is 0.556. The van der Waals surface area contributed by atoms with Gasteiger partial charge in [0.15, 0.2) is 9.84 Å². The Bertz CT molecular complexity index is 441. The van der Waals surface area contributed by atoms with E-state index in [0.29, 0.717) is 10.8 Å². The van der Waals surface area contributed by atoms with Gasteiger partial charge in [0.05, 0.1) is 21.9 Å². The zero-order valence-corrected chi connectivity index (χ0v) is 10.5. The van der Waals surface area contributed by atoms with E-state index >= 15 is 0 Å². The Morgan fingerprint density at radius 1 is 1.47 bits per heavy atom. The van der Waals surface area contributed by atoms with Crippen molar-refractivity contribution in [2.24, 2.45) is 0 Å². The Kier molecular flexibility index (Phi) is 3.35. The van der Waals surface area contributed by atoms with E-state index in [0.717, 1.165) is 11.4 Å². The molecule has 1 unspecified atom stereocenters. The molecule has 1 aromatic rings. The van der Waals surface area contributed by atoms with Crippen LogP contribution in [0.3, 0.4) is 0 Å². The Morgan fingerprint density at radius 3 is 2.93 bits per heavy atom. The molecule has 0 radical (unpaired) electrons. The molecule has 84 valence electrons. The molecule has 2 rings (SSSR count). The monoisotopic (exact) mass is 265 g/mol. The third-order valence-corrected chi connectivity index (χ3v) is 5.48. The van der Waals surface area contributed by atoms with E-state index in [1.807, 2.05) is 6.07 Å². The topological polar surface area (TPSA) is 46.2 Å². The number of rotatable bonds is 1. The predicted molar refractivity (Wildman–Crippen MR) is 63.3 cm³/mol. The normalized spacial score (nSPS) is 26.1. The lowest BCUT2D eigenvalue weighted by molar-refractivity contribution is 0.577. The van der Waals surface area contributed by atoms with E-state index in [9.17, 15) is 8.42 Å². The number of hydrogen-bond donors (Lipinski definition) is 1. The van der Waals surface area contributed by atoms with Gasteiger partial charge in [0.25, 0.3) is 0 Å². The maximum Gasteiger partial charge on any atom is 0.152 e. The highest BCUT2D eigenvalue weighted by molar-refractivity contribution is 7.91. The maximum atomic E-state index is 11.6. The van der Waals surface area contributed by atoms with Gasteiger partial charge in [-0.05, 0) is 25.1 Å². The molecule has 1 atom stereocenters. The van der Waals surface area contributed by atoms with Gasteiger partial charge in [-0.3, -0.25) is 0 Å². The van der Waals surface area contributed by atoms with E-state index in [2.05, 4.69) is 5.32 Å². The first-order valence-electron chi connectivity index (χ1n) is 4.76. The van der Waals surface area contributed by atoms with Crippen LogP contribution in [0.2, 0.25) is 4.34 Å². The zero-order valence-electron chi connectivity index (χ0n) is 8.07. The van der Waals surface area contributed by atoms with Gasteiger partial charge in [-0.1, -0.05) is 11.6 Å². The quantitative estimate of drug-likeness (QED) is 0.843. The molecule has 1 fully saturated rings. The molecule has 1 N–H and O–H groups in total. The summed E-state index contributed by atoms with van der Waals surface area (Å²) in [5.74, 6) is 0.472. The molecule has 2 heterocycles. The fourth-order valence-corrected chi connectivity index (χ4v) is 4.46. The summed E-state index contributed by atoms with van der Waals surface area (Å²) >= 11 is 7.28. The molecule has 0 aliphatic carbocycles. The van der Waals surface area contributed by atoms with Gasteiger partial charge in [0, 0.05) is 4.88 Å². The highest BCUT2D eigenvalue weighted by atomic mass is 35.5. The molecule has 0 spiro atoms. The van der Waals surface area contributed by atoms with Crippen molar-refractivity contribution in [2.45, 2.75) is 12.5 Å². The molecule has 0 aromatic carbocycles. The predicted octanol–water partition coefficient (Wildman–Crippen LogP) is 1.85. The Balaban J connectivity index is 2.21. The van der Waals surface area contributed by atoms with Crippen LogP contribution in [0.15, 0.2) is 12.1 Å². The first-order valence-corrected chi connectivity index (χ1v) is 7.77. The number of halogens is 1. The second kappa shape index (κ2) is 4.41. The third-order valence-electron chi connectivity index (χ3n) is 2.38. The minimum Gasteiger partial charge on any atom is -0.308 e. The van der Waals surface area contributed by atoms with Crippen molar-refractivity contribution < 1.29 is 8.42 Å². The Morgan fingerprint density at radius 2 is 2.27 bits per heavy atom. The average molecular weight is 266 g/mol. The van der Waals surface area contributed by atoms with Crippen LogP contribution in [0.25, 0.3) is 0 Å². The summed E-state index contributed by atoms with van der Waals surface area (Å²) in [4.78, 5) is 1.01. The zero-order chi connectivity index (χ0) is 10.9. The lowest BCUT2D eigenvalue weighted by Crippen LogP contribution is -2.24. The molecule has 1 aromatic heterocycles. The molecule has 1 aliphatic heterocycles. The van der Waals surface area contributed by atoms with Gasteiger partial charge in [-0.15, -0.1) is 11.3 Å². The van der Waals surface area contributed by atoms with Gasteiger partial charge in [-0.2, -0.15) is 0 Å². The van der Waals surface area contributed by atoms with Crippen LogP contribution >= 0.6 is 22.9 Å². The molecule has 1 aliphatic rings. The van der Waals surface area contributed by atoms with Gasteiger partial charge >= 0.3 is 0 Å². The number of hydrogen-bond acceptors (Lipinski definition) is 4. The summed E-state index contributed by atoms with van der Waals surface area (Å²) in [6, 6.07) is 3.61. The van der Waals surface area contributed by atoms with E-state index < -0.39 is 9.84 Å². The SMILES string of the molecule is O=S1(=O)CCCNC(c2ccc(Cl)s2)C1. The van der Waals surface area contributed by atoms with Crippen LogP contribution in [0.1, 0.15) is 17.3 Å². The molecular formula is C9H12ClNO2S2. The minimum atomic E-state index is -2.91. The van der Waals surface area contributed by atoms with Crippen LogP contribution < -0.4 is 5.32 Å². The van der Waals surface area contributed by atoms with E-state index in [-0.39, 0.29) is 17.5 Å². The van der Waals surface area contributed by atoms with Crippen LogP contribution in [0.4, 0.5) is 0 Å². The molecule has 1 saturated heterocycles. The van der Waals surface area contributed by atoms with Crippen molar-refractivity contribution in [2.75, 3.05) is 18.1 Å². The first kappa shape index (κ1) is 11.4. The summed E-state index contributed by atoms with van der Waals surface area (Å²) in [5.41, 5.74) is 0. The van der Waals surface area contributed by atoms with Gasteiger partial charge in [0.1, 0.15) is 0 Å². The van der Waals surface area contributed by atoms with Crippen molar-refractivity contribution in [3.05, 3.63) is 21.3 Å². The van der Waals surface area contributed by atoms with Crippen molar-refractivity contribution >= 4 is 32.8 Å². The average Bonchev–Trinajstić information content (AvgIpc) is 2.49. The van der Waals surface area contributed by atoms with E-state index in [1.165, 1.54) is 11.3 Å². The van der Waals surface area contributed by atoms with E-state index in [1.54, 1.807) is 6.07 Å². The minimum absolute atomic E-state index is 0.0880. The van der Waals surface area contributed by atoms with Crippen molar-refractivity contribution in [3.8, 4) is 0 Å². The molecule has 3 nitrogen and oxygen atoms in total. The van der Waals surface area contributed by atoms with Crippen LogP contribution in [0, 0.1) is 0 Å². The van der Waals surface area contributed by atoms with Gasteiger partial charge < -0.3 is 5.32 Å².